The molecular formula is C19H32IN3O. The Labute approximate surface area is 163 Å². The van der Waals surface area contributed by atoms with Crippen LogP contribution in [0.4, 0.5) is 0 Å². The molecule has 0 heterocycles. The van der Waals surface area contributed by atoms with Crippen molar-refractivity contribution in [2.24, 2.45) is 4.99 Å². The summed E-state index contributed by atoms with van der Waals surface area (Å²) in [5, 5.41) is 6.72. The van der Waals surface area contributed by atoms with E-state index in [1.165, 1.54) is 31.2 Å². The highest BCUT2D eigenvalue weighted by atomic mass is 127. The molecular weight excluding hydrogens is 413 g/mol. The van der Waals surface area contributed by atoms with Crippen LogP contribution in [0.15, 0.2) is 29.3 Å². The Kier molecular flexibility index (Phi) is 8.87. The summed E-state index contributed by atoms with van der Waals surface area (Å²) in [5.74, 6) is 1.84. The lowest BCUT2D eigenvalue weighted by Gasteiger charge is -2.23. The zero-order chi connectivity index (χ0) is 16.7. The fourth-order valence-electron chi connectivity index (χ4n) is 2.79. The summed E-state index contributed by atoms with van der Waals surface area (Å²) in [4.78, 5) is 4.25. The largest absolute Gasteiger partial charge is 0.490 e. The highest BCUT2D eigenvalue weighted by Crippen LogP contribution is 2.24. The molecule has 0 spiro atoms. The standard InChI is InChI=1S/C19H31N3O.HI/c1-19(2,3)22-18(20-4)21-14-13-15-9-11-17(12-10-15)23-16-7-5-6-8-16;/h9-12,16H,5-8,13-14H2,1-4H3,(H2,20,21,22);1H. The topological polar surface area (TPSA) is 45.7 Å². The van der Waals surface area contributed by atoms with Crippen molar-refractivity contribution in [2.45, 2.75) is 64.5 Å². The maximum atomic E-state index is 6.00. The van der Waals surface area contributed by atoms with Crippen molar-refractivity contribution >= 4 is 29.9 Å². The first kappa shape index (κ1) is 21.1. The molecule has 0 aromatic heterocycles. The number of nitrogens with one attached hydrogen (secondary N) is 2. The Morgan fingerprint density at radius 2 is 1.79 bits per heavy atom. The summed E-state index contributed by atoms with van der Waals surface area (Å²) in [7, 11) is 1.80. The molecule has 0 bridgehead atoms. The van der Waals surface area contributed by atoms with Crippen LogP contribution in [-0.4, -0.2) is 31.2 Å². The molecule has 1 aliphatic carbocycles. The zero-order valence-electron chi connectivity index (χ0n) is 15.4. The monoisotopic (exact) mass is 445 g/mol. The Balaban J connectivity index is 0.00000288. The van der Waals surface area contributed by atoms with E-state index in [0.717, 1.165) is 24.7 Å². The van der Waals surface area contributed by atoms with Crippen LogP contribution in [0.25, 0.3) is 0 Å². The van der Waals surface area contributed by atoms with Crippen LogP contribution in [0, 0.1) is 0 Å². The number of guanidine groups is 1. The van der Waals surface area contributed by atoms with E-state index >= 15 is 0 Å². The summed E-state index contributed by atoms with van der Waals surface area (Å²) in [6, 6.07) is 8.50. The van der Waals surface area contributed by atoms with Crippen molar-refractivity contribution in [3.8, 4) is 5.75 Å². The fourth-order valence-corrected chi connectivity index (χ4v) is 2.79. The van der Waals surface area contributed by atoms with Crippen molar-refractivity contribution in [3.63, 3.8) is 0 Å². The second kappa shape index (κ2) is 10.1. The van der Waals surface area contributed by atoms with Crippen molar-refractivity contribution in [3.05, 3.63) is 29.8 Å². The van der Waals surface area contributed by atoms with Gasteiger partial charge in [0.1, 0.15) is 5.75 Å². The number of aliphatic imine (C=N–C) groups is 1. The van der Waals surface area contributed by atoms with Gasteiger partial charge in [0.15, 0.2) is 5.96 Å². The first-order valence-corrected chi connectivity index (χ1v) is 8.71. The molecule has 1 aliphatic rings. The lowest BCUT2D eigenvalue weighted by Crippen LogP contribution is -2.48. The number of benzene rings is 1. The third kappa shape index (κ3) is 7.73. The Morgan fingerprint density at radius 3 is 2.33 bits per heavy atom. The molecule has 4 nitrogen and oxygen atoms in total. The SMILES string of the molecule is CN=C(NCCc1ccc(OC2CCCC2)cc1)NC(C)(C)C.I. The molecule has 24 heavy (non-hydrogen) atoms. The lowest BCUT2D eigenvalue weighted by molar-refractivity contribution is 0.210. The average molecular weight is 445 g/mol. The van der Waals surface area contributed by atoms with E-state index in [4.69, 9.17) is 4.74 Å². The van der Waals surface area contributed by atoms with Gasteiger partial charge >= 0.3 is 0 Å². The number of hydrogen-bond acceptors (Lipinski definition) is 2. The molecule has 2 N–H and O–H groups in total. The number of halogens is 1. The van der Waals surface area contributed by atoms with Crippen molar-refractivity contribution in [1.82, 2.24) is 10.6 Å². The van der Waals surface area contributed by atoms with Gasteiger partial charge in [-0.3, -0.25) is 4.99 Å². The van der Waals surface area contributed by atoms with Gasteiger partial charge in [-0.25, -0.2) is 0 Å². The molecule has 1 aromatic carbocycles. The number of ether oxygens (including phenoxy) is 1. The number of hydrogen-bond donors (Lipinski definition) is 2. The summed E-state index contributed by atoms with van der Waals surface area (Å²) < 4.78 is 6.00. The van der Waals surface area contributed by atoms with E-state index in [1.807, 2.05) is 0 Å². The van der Waals surface area contributed by atoms with Gasteiger partial charge < -0.3 is 15.4 Å². The minimum atomic E-state index is 0. The highest BCUT2D eigenvalue weighted by molar-refractivity contribution is 14.0. The molecule has 1 saturated carbocycles. The molecule has 0 atom stereocenters. The van der Waals surface area contributed by atoms with Crippen LogP contribution in [0.2, 0.25) is 0 Å². The highest BCUT2D eigenvalue weighted by Gasteiger charge is 2.16. The number of nitrogens with zero attached hydrogens (tertiary/aromatic N) is 1. The average Bonchev–Trinajstić information content (AvgIpc) is 2.99. The minimum Gasteiger partial charge on any atom is -0.490 e. The van der Waals surface area contributed by atoms with Crippen molar-refractivity contribution in [1.29, 1.82) is 0 Å². The summed E-state index contributed by atoms with van der Waals surface area (Å²) in [5.41, 5.74) is 1.32. The second-order valence-corrected chi connectivity index (χ2v) is 7.29. The van der Waals surface area contributed by atoms with Gasteiger partial charge in [0.05, 0.1) is 6.10 Å². The van der Waals surface area contributed by atoms with E-state index in [-0.39, 0.29) is 29.5 Å². The number of rotatable bonds is 5. The molecule has 0 aliphatic heterocycles. The Morgan fingerprint density at radius 1 is 1.17 bits per heavy atom. The van der Waals surface area contributed by atoms with Crippen LogP contribution in [0.5, 0.6) is 5.75 Å². The predicted molar refractivity (Wildman–Crippen MR) is 113 cm³/mol. The molecule has 0 amide bonds. The minimum absolute atomic E-state index is 0. The lowest BCUT2D eigenvalue weighted by atomic mass is 10.1. The first-order valence-electron chi connectivity index (χ1n) is 8.71. The predicted octanol–water partition coefficient (Wildman–Crippen LogP) is 4.13. The van der Waals surface area contributed by atoms with Gasteiger partial charge in [0.25, 0.3) is 0 Å². The smallest absolute Gasteiger partial charge is 0.191 e. The van der Waals surface area contributed by atoms with Crippen LogP contribution >= 0.6 is 24.0 Å². The molecule has 0 saturated heterocycles. The van der Waals surface area contributed by atoms with E-state index in [1.54, 1.807) is 7.05 Å². The zero-order valence-corrected chi connectivity index (χ0v) is 17.7. The second-order valence-electron chi connectivity index (χ2n) is 7.29. The van der Waals surface area contributed by atoms with E-state index in [2.05, 4.69) is 60.7 Å². The quantitative estimate of drug-likeness (QED) is 0.407. The normalized spacial score (nSPS) is 15.8. The first-order chi connectivity index (χ1) is 11.0. The third-order valence-electron chi connectivity index (χ3n) is 3.95. The van der Waals surface area contributed by atoms with Crippen LogP contribution in [0.3, 0.4) is 0 Å². The van der Waals surface area contributed by atoms with Gasteiger partial charge in [0.2, 0.25) is 0 Å². The van der Waals surface area contributed by atoms with Crippen molar-refractivity contribution in [2.75, 3.05) is 13.6 Å². The maximum absolute atomic E-state index is 6.00. The molecule has 5 heteroatoms. The van der Waals surface area contributed by atoms with Gasteiger partial charge in [0, 0.05) is 19.1 Å². The Bertz CT molecular complexity index is 502. The van der Waals surface area contributed by atoms with Crippen LogP contribution in [-0.2, 0) is 6.42 Å². The molecule has 0 unspecified atom stereocenters. The third-order valence-corrected chi connectivity index (χ3v) is 3.95. The maximum Gasteiger partial charge on any atom is 0.191 e. The Hall–Kier alpha value is -0.980. The van der Waals surface area contributed by atoms with Crippen LogP contribution in [0.1, 0.15) is 52.0 Å². The van der Waals surface area contributed by atoms with Crippen LogP contribution < -0.4 is 15.4 Å². The summed E-state index contributed by atoms with van der Waals surface area (Å²) >= 11 is 0. The molecule has 0 radical (unpaired) electrons. The van der Waals surface area contributed by atoms with Gasteiger partial charge in [-0.2, -0.15) is 0 Å². The van der Waals surface area contributed by atoms with Gasteiger partial charge in [-0.1, -0.05) is 12.1 Å². The molecule has 136 valence electrons. The summed E-state index contributed by atoms with van der Waals surface area (Å²) in [6.45, 7) is 7.24. The van der Waals surface area contributed by atoms with E-state index < -0.39 is 0 Å². The molecule has 1 fully saturated rings. The van der Waals surface area contributed by atoms with Gasteiger partial charge in [-0.15, -0.1) is 24.0 Å². The molecule has 2 rings (SSSR count). The van der Waals surface area contributed by atoms with Crippen molar-refractivity contribution < 1.29 is 4.74 Å². The van der Waals surface area contributed by atoms with Gasteiger partial charge in [-0.05, 0) is 70.6 Å². The fraction of sp³-hybridized carbons (Fsp3) is 0.632. The molecule has 1 aromatic rings. The van der Waals surface area contributed by atoms with E-state index in [9.17, 15) is 0 Å². The summed E-state index contributed by atoms with van der Waals surface area (Å²) in [6.07, 6.45) is 6.40. The van der Waals surface area contributed by atoms with E-state index in [0.29, 0.717) is 6.10 Å².